The molecule has 0 aliphatic carbocycles. The highest BCUT2D eigenvalue weighted by atomic mass is 16.5. The maximum absolute atomic E-state index is 13.7. The molecular formula is C43H55NO4. The van der Waals surface area contributed by atoms with Crippen molar-refractivity contribution in [3.63, 3.8) is 0 Å². The van der Waals surface area contributed by atoms with Crippen LogP contribution in [0.3, 0.4) is 0 Å². The highest BCUT2D eigenvalue weighted by Gasteiger charge is 2.45. The van der Waals surface area contributed by atoms with Gasteiger partial charge in [-0.05, 0) is 89.1 Å². The molecule has 2 N–H and O–H groups in total. The summed E-state index contributed by atoms with van der Waals surface area (Å²) in [5.74, 6) is 1.53. The van der Waals surface area contributed by atoms with Gasteiger partial charge in [0.15, 0.2) is 0 Å². The van der Waals surface area contributed by atoms with Crippen molar-refractivity contribution in [2.45, 2.75) is 104 Å². The maximum Gasteiger partial charge on any atom is 0.144 e. The number of aliphatic hydroxyl groups is 1. The number of hydrogen-bond donors (Lipinski definition) is 2. The Balaban J connectivity index is 2.12. The number of nitrogens with zero attached hydrogens (tertiary/aromatic N) is 1. The van der Waals surface area contributed by atoms with Crippen LogP contribution in [0.4, 0.5) is 0 Å². The van der Waals surface area contributed by atoms with E-state index in [9.17, 15) is 10.2 Å². The molecule has 0 saturated heterocycles. The summed E-state index contributed by atoms with van der Waals surface area (Å²) >= 11 is 0. The molecule has 48 heavy (non-hydrogen) atoms. The van der Waals surface area contributed by atoms with Gasteiger partial charge in [-0.25, -0.2) is 0 Å². The fourth-order valence-corrected chi connectivity index (χ4v) is 6.42. The third-order valence-corrected chi connectivity index (χ3v) is 9.67. The van der Waals surface area contributed by atoms with Gasteiger partial charge in [-0.3, -0.25) is 4.99 Å². The van der Waals surface area contributed by atoms with Gasteiger partial charge >= 0.3 is 0 Å². The highest BCUT2D eigenvalue weighted by molar-refractivity contribution is 5.85. The minimum Gasteiger partial charge on any atom is -0.507 e. The van der Waals surface area contributed by atoms with Gasteiger partial charge in [-0.15, -0.1) is 0 Å². The van der Waals surface area contributed by atoms with Crippen molar-refractivity contribution in [1.82, 2.24) is 0 Å². The molecule has 0 aromatic heterocycles. The van der Waals surface area contributed by atoms with E-state index in [0.29, 0.717) is 34.6 Å². The highest BCUT2D eigenvalue weighted by Crippen LogP contribution is 2.47. The van der Waals surface area contributed by atoms with E-state index in [0.717, 1.165) is 34.2 Å². The van der Waals surface area contributed by atoms with E-state index in [1.807, 2.05) is 49.4 Å². The van der Waals surface area contributed by atoms with Crippen molar-refractivity contribution in [2.75, 3.05) is 14.2 Å². The zero-order valence-corrected chi connectivity index (χ0v) is 30.8. The van der Waals surface area contributed by atoms with Crippen molar-refractivity contribution in [3.05, 3.63) is 123 Å². The molecular weight excluding hydrogens is 594 g/mol. The van der Waals surface area contributed by atoms with Gasteiger partial charge in [0.25, 0.3) is 0 Å². The Hall–Kier alpha value is -4.09. The van der Waals surface area contributed by atoms with Crippen molar-refractivity contribution < 1.29 is 19.7 Å². The standard InChI is InChI=1S/C43H55NO4/c1-12-28(2)39-29(3)18-19-31(40(39)45)27-44-38(24-30-16-14-13-15-17-30)43(46,34-25-32(41(4,5)6)20-22-36(34)47-10)35-26-33(42(7,8)9)21-23-37(35)48-11/h13-23,25-28,38,45-46H,12,24H2,1-11H3. The number of rotatable bonds is 11. The monoisotopic (exact) mass is 649 g/mol. The third-order valence-electron chi connectivity index (χ3n) is 9.67. The molecule has 0 bridgehead atoms. The van der Waals surface area contributed by atoms with Crippen LogP contribution in [0.25, 0.3) is 0 Å². The van der Waals surface area contributed by atoms with E-state index < -0.39 is 11.6 Å². The molecule has 0 aliphatic rings. The maximum atomic E-state index is 13.7. The third kappa shape index (κ3) is 7.63. The first-order chi connectivity index (χ1) is 22.6. The minimum atomic E-state index is -1.72. The van der Waals surface area contributed by atoms with Crippen LogP contribution in [0.15, 0.2) is 83.9 Å². The van der Waals surface area contributed by atoms with E-state index in [1.165, 1.54) is 0 Å². The predicted octanol–water partition coefficient (Wildman–Crippen LogP) is 9.79. The SMILES string of the molecule is CCC(C)c1c(C)ccc(C=NC(Cc2ccccc2)C(O)(c2cc(C(C)(C)C)ccc2OC)c2cc(C(C)(C)C)ccc2OC)c1O. The quantitative estimate of drug-likeness (QED) is 0.159. The van der Waals surface area contributed by atoms with Crippen LogP contribution < -0.4 is 9.47 Å². The summed E-state index contributed by atoms with van der Waals surface area (Å²) in [6.07, 6.45) is 3.03. The molecule has 0 saturated carbocycles. The van der Waals surface area contributed by atoms with Gasteiger partial charge in [0.2, 0.25) is 0 Å². The Labute approximate surface area is 288 Å². The number of phenols is 1. The van der Waals surface area contributed by atoms with Crippen LogP contribution >= 0.6 is 0 Å². The van der Waals surface area contributed by atoms with E-state index in [2.05, 4.69) is 91.8 Å². The smallest absolute Gasteiger partial charge is 0.144 e. The minimum absolute atomic E-state index is 0.184. The first-order valence-electron chi connectivity index (χ1n) is 17.1. The molecule has 0 fully saturated rings. The lowest BCUT2D eigenvalue weighted by Gasteiger charge is -2.38. The summed E-state index contributed by atoms with van der Waals surface area (Å²) in [6.45, 7) is 19.2. The van der Waals surface area contributed by atoms with Crippen molar-refractivity contribution in [2.24, 2.45) is 4.99 Å². The fraction of sp³-hybridized carbons (Fsp3) is 0.419. The molecule has 5 heteroatoms. The first kappa shape index (κ1) is 36.7. The summed E-state index contributed by atoms with van der Waals surface area (Å²) in [4.78, 5) is 5.22. The number of benzene rings is 4. The van der Waals surface area contributed by atoms with Crippen LogP contribution in [0.2, 0.25) is 0 Å². The molecule has 0 heterocycles. The zero-order valence-electron chi connectivity index (χ0n) is 30.8. The van der Waals surface area contributed by atoms with E-state index in [-0.39, 0.29) is 22.5 Å². The number of phenolic OH excluding ortho intramolecular Hbond substituents is 1. The second kappa shape index (κ2) is 14.6. The van der Waals surface area contributed by atoms with Crippen LogP contribution in [-0.4, -0.2) is 36.7 Å². The summed E-state index contributed by atoms with van der Waals surface area (Å²) in [7, 11) is 3.27. The summed E-state index contributed by atoms with van der Waals surface area (Å²) < 4.78 is 12.0. The number of aromatic hydroxyl groups is 1. The Morgan fingerprint density at radius 2 is 1.29 bits per heavy atom. The van der Waals surface area contributed by atoms with Crippen LogP contribution in [-0.2, 0) is 22.9 Å². The average molecular weight is 650 g/mol. The molecule has 0 spiro atoms. The topological polar surface area (TPSA) is 71.3 Å². The molecule has 0 aliphatic heterocycles. The van der Waals surface area contributed by atoms with Gasteiger partial charge in [0, 0.05) is 28.5 Å². The van der Waals surface area contributed by atoms with E-state index in [1.54, 1.807) is 20.4 Å². The summed E-state index contributed by atoms with van der Waals surface area (Å²) in [5, 5.41) is 25.2. The van der Waals surface area contributed by atoms with E-state index >= 15 is 0 Å². The first-order valence-corrected chi connectivity index (χ1v) is 17.1. The molecule has 0 radical (unpaired) electrons. The Bertz CT molecular complexity index is 1660. The molecule has 2 unspecified atom stereocenters. The van der Waals surface area contributed by atoms with Crippen LogP contribution in [0.1, 0.15) is 112 Å². The number of aliphatic imine (C=N–C) groups is 1. The van der Waals surface area contributed by atoms with Gasteiger partial charge in [-0.1, -0.05) is 104 Å². The normalized spacial score (nSPS) is 13.8. The second-order valence-electron chi connectivity index (χ2n) is 15.1. The summed E-state index contributed by atoms with van der Waals surface area (Å²) in [6, 6.07) is 25.4. The Morgan fingerprint density at radius 1 is 0.771 bits per heavy atom. The molecule has 256 valence electrons. The molecule has 5 nitrogen and oxygen atoms in total. The van der Waals surface area contributed by atoms with Gasteiger partial charge in [0.1, 0.15) is 22.8 Å². The molecule has 4 aromatic rings. The largest absolute Gasteiger partial charge is 0.507 e. The number of ether oxygens (including phenoxy) is 2. The van der Waals surface area contributed by atoms with Gasteiger partial charge in [0.05, 0.1) is 20.3 Å². The fourth-order valence-electron chi connectivity index (χ4n) is 6.42. The molecule has 2 atom stereocenters. The van der Waals surface area contributed by atoms with E-state index in [4.69, 9.17) is 14.5 Å². The van der Waals surface area contributed by atoms with Gasteiger partial charge < -0.3 is 19.7 Å². The molecule has 4 aromatic carbocycles. The van der Waals surface area contributed by atoms with Crippen LogP contribution in [0.5, 0.6) is 17.2 Å². The van der Waals surface area contributed by atoms with Crippen LogP contribution in [0, 0.1) is 6.92 Å². The summed E-state index contributed by atoms with van der Waals surface area (Å²) in [5.41, 5.74) is 4.81. The number of hydrogen-bond acceptors (Lipinski definition) is 5. The number of methoxy groups -OCH3 is 2. The average Bonchev–Trinajstić information content (AvgIpc) is 3.05. The number of aryl methyl sites for hydroxylation is 1. The van der Waals surface area contributed by atoms with Crippen molar-refractivity contribution in [1.29, 1.82) is 0 Å². The lowest BCUT2D eigenvalue weighted by atomic mass is 9.73. The van der Waals surface area contributed by atoms with Crippen molar-refractivity contribution in [3.8, 4) is 17.2 Å². The molecule has 0 amide bonds. The Morgan fingerprint density at radius 3 is 1.75 bits per heavy atom. The lowest BCUT2D eigenvalue weighted by Crippen LogP contribution is -2.42. The van der Waals surface area contributed by atoms with Gasteiger partial charge in [-0.2, -0.15) is 0 Å². The second-order valence-corrected chi connectivity index (χ2v) is 15.1. The van der Waals surface area contributed by atoms with Crippen molar-refractivity contribution >= 4 is 6.21 Å². The lowest BCUT2D eigenvalue weighted by molar-refractivity contribution is 0.0475. The zero-order chi connectivity index (χ0) is 35.4. The Kier molecular flexibility index (Phi) is 11.2. The molecule has 4 rings (SSSR count). The predicted molar refractivity (Wildman–Crippen MR) is 199 cm³/mol.